The van der Waals surface area contributed by atoms with Crippen LogP contribution in [0.2, 0.25) is 5.02 Å². The van der Waals surface area contributed by atoms with Gasteiger partial charge in [0, 0.05) is 11.6 Å². The zero-order valence-electron chi connectivity index (χ0n) is 18.2. The number of rotatable bonds is 9. The molecule has 0 atom stereocenters. The van der Waals surface area contributed by atoms with E-state index >= 15 is 0 Å². The fourth-order valence-corrected chi connectivity index (χ4v) is 4.69. The lowest BCUT2D eigenvalue weighted by atomic mass is 10.2. The molecule has 0 saturated heterocycles. The molecule has 0 aliphatic rings. The molecule has 0 bridgehead atoms. The van der Waals surface area contributed by atoms with Crippen LogP contribution >= 0.6 is 11.6 Å². The van der Waals surface area contributed by atoms with E-state index in [0.29, 0.717) is 16.3 Å². The third-order valence-corrected chi connectivity index (χ3v) is 6.84. The first-order valence-corrected chi connectivity index (χ1v) is 11.9. The second-order valence-electron chi connectivity index (χ2n) is 7.23. The first-order valence-electron chi connectivity index (χ1n) is 10.1. The molecule has 3 aromatic carbocycles. The first kappa shape index (κ1) is 24.4. The molecule has 0 fully saturated rings. The van der Waals surface area contributed by atoms with Crippen LogP contribution in [0, 0.1) is 6.92 Å². The molecular weight excluding hydrogens is 462 g/mol. The molecule has 172 valence electrons. The van der Waals surface area contributed by atoms with E-state index in [-0.39, 0.29) is 11.4 Å². The Morgan fingerprint density at radius 1 is 1.09 bits per heavy atom. The summed E-state index contributed by atoms with van der Waals surface area (Å²) in [7, 11) is -2.45. The second-order valence-corrected chi connectivity index (χ2v) is 9.61. The Morgan fingerprint density at radius 2 is 1.79 bits per heavy atom. The van der Waals surface area contributed by atoms with Gasteiger partial charge in [-0.25, -0.2) is 13.8 Å². The Balaban J connectivity index is 1.80. The van der Waals surface area contributed by atoms with E-state index in [1.54, 1.807) is 49.4 Å². The van der Waals surface area contributed by atoms with Gasteiger partial charge in [0.1, 0.15) is 5.75 Å². The molecule has 0 radical (unpaired) electrons. The molecule has 0 spiro atoms. The van der Waals surface area contributed by atoms with E-state index in [4.69, 9.17) is 16.3 Å². The number of methoxy groups -OCH3 is 1. The predicted molar refractivity (Wildman–Crippen MR) is 129 cm³/mol. The van der Waals surface area contributed by atoms with Crippen LogP contribution in [0.4, 0.5) is 0 Å². The average molecular weight is 486 g/mol. The van der Waals surface area contributed by atoms with E-state index in [2.05, 4.69) is 10.5 Å². The van der Waals surface area contributed by atoms with Gasteiger partial charge in [0.2, 0.25) is 10.0 Å². The van der Waals surface area contributed by atoms with Gasteiger partial charge in [-0.15, -0.1) is 0 Å². The predicted octanol–water partition coefficient (Wildman–Crippen LogP) is 4.00. The van der Waals surface area contributed by atoms with Gasteiger partial charge in [-0.2, -0.15) is 9.41 Å². The molecule has 0 heterocycles. The van der Waals surface area contributed by atoms with Crippen LogP contribution in [-0.4, -0.2) is 38.5 Å². The van der Waals surface area contributed by atoms with Gasteiger partial charge >= 0.3 is 0 Å². The summed E-state index contributed by atoms with van der Waals surface area (Å²) in [6.07, 6.45) is 1.46. The van der Waals surface area contributed by atoms with Crippen molar-refractivity contribution in [3.05, 3.63) is 94.5 Å². The molecule has 0 aliphatic carbocycles. The van der Waals surface area contributed by atoms with Crippen molar-refractivity contribution in [1.82, 2.24) is 9.73 Å². The van der Waals surface area contributed by atoms with E-state index in [0.717, 1.165) is 15.4 Å². The normalized spacial score (nSPS) is 11.6. The van der Waals surface area contributed by atoms with E-state index < -0.39 is 22.5 Å². The Bertz CT molecular complexity index is 1230. The fraction of sp³-hybridized carbons (Fsp3) is 0.167. The van der Waals surface area contributed by atoms with Gasteiger partial charge in [0.25, 0.3) is 5.91 Å². The van der Waals surface area contributed by atoms with Gasteiger partial charge in [0.15, 0.2) is 0 Å². The Morgan fingerprint density at radius 3 is 2.42 bits per heavy atom. The SMILES string of the molecule is COc1ccc(S(=O)(=O)N(CC(=O)N/N=C/c2ccc(Cl)cc2)Cc2ccccc2)cc1C. The van der Waals surface area contributed by atoms with Gasteiger partial charge in [-0.1, -0.05) is 54.1 Å². The summed E-state index contributed by atoms with van der Waals surface area (Å²) in [6, 6.07) is 20.6. The maximum absolute atomic E-state index is 13.4. The summed E-state index contributed by atoms with van der Waals surface area (Å²) in [5.41, 5.74) is 4.55. The topological polar surface area (TPSA) is 88.1 Å². The number of carbonyl (C=O) groups is 1. The molecule has 1 N–H and O–H groups in total. The van der Waals surface area contributed by atoms with E-state index in [9.17, 15) is 13.2 Å². The zero-order chi connectivity index (χ0) is 23.8. The monoisotopic (exact) mass is 485 g/mol. The molecule has 0 saturated carbocycles. The third-order valence-electron chi connectivity index (χ3n) is 4.80. The van der Waals surface area contributed by atoms with Crippen molar-refractivity contribution in [2.24, 2.45) is 5.10 Å². The quantitative estimate of drug-likeness (QED) is 0.366. The van der Waals surface area contributed by atoms with Gasteiger partial charge in [0.05, 0.1) is 24.8 Å². The number of halogens is 1. The molecule has 0 aromatic heterocycles. The maximum Gasteiger partial charge on any atom is 0.255 e. The highest BCUT2D eigenvalue weighted by Gasteiger charge is 2.27. The number of carbonyl (C=O) groups excluding carboxylic acids is 1. The lowest BCUT2D eigenvalue weighted by Crippen LogP contribution is -2.39. The van der Waals surface area contributed by atoms with Crippen LogP contribution in [0.25, 0.3) is 0 Å². The van der Waals surface area contributed by atoms with Crippen molar-refractivity contribution >= 4 is 33.7 Å². The molecule has 9 heteroatoms. The van der Waals surface area contributed by atoms with Crippen LogP contribution in [0.1, 0.15) is 16.7 Å². The number of amides is 1. The number of hydrazone groups is 1. The lowest BCUT2D eigenvalue weighted by Gasteiger charge is -2.22. The minimum Gasteiger partial charge on any atom is -0.496 e. The Labute approximate surface area is 198 Å². The van der Waals surface area contributed by atoms with Crippen molar-refractivity contribution in [2.75, 3.05) is 13.7 Å². The molecule has 0 aliphatic heterocycles. The molecule has 0 unspecified atom stereocenters. The largest absolute Gasteiger partial charge is 0.496 e. The molecule has 3 rings (SSSR count). The molecule has 33 heavy (non-hydrogen) atoms. The first-order chi connectivity index (χ1) is 15.8. The number of nitrogens with zero attached hydrogens (tertiary/aromatic N) is 2. The van der Waals surface area contributed by atoms with Gasteiger partial charge in [-0.05, 0) is 53.9 Å². The van der Waals surface area contributed by atoms with Crippen LogP contribution in [-0.2, 0) is 21.4 Å². The zero-order valence-corrected chi connectivity index (χ0v) is 19.8. The van der Waals surface area contributed by atoms with E-state index in [1.807, 2.05) is 18.2 Å². The Kier molecular flexibility index (Phi) is 8.21. The summed E-state index contributed by atoms with van der Waals surface area (Å²) in [5.74, 6) is 0.0165. The van der Waals surface area contributed by atoms with Gasteiger partial charge in [-0.3, -0.25) is 4.79 Å². The maximum atomic E-state index is 13.4. The number of sulfonamides is 1. The van der Waals surface area contributed by atoms with Gasteiger partial charge < -0.3 is 4.74 Å². The van der Waals surface area contributed by atoms with Crippen molar-refractivity contribution in [1.29, 1.82) is 0 Å². The second kappa shape index (κ2) is 11.1. The van der Waals surface area contributed by atoms with Crippen LogP contribution < -0.4 is 10.2 Å². The summed E-state index contributed by atoms with van der Waals surface area (Å²) < 4.78 is 33.2. The minimum absolute atomic E-state index is 0.0303. The highest BCUT2D eigenvalue weighted by Crippen LogP contribution is 2.24. The lowest BCUT2D eigenvalue weighted by molar-refractivity contribution is -0.121. The fourth-order valence-electron chi connectivity index (χ4n) is 3.10. The van der Waals surface area contributed by atoms with E-state index in [1.165, 1.54) is 25.5 Å². The molecule has 7 nitrogen and oxygen atoms in total. The van der Waals surface area contributed by atoms with Crippen LogP contribution in [0.3, 0.4) is 0 Å². The summed E-state index contributed by atoms with van der Waals surface area (Å²) >= 11 is 5.86. The summed E-state index contributed by atoms with van der Waals surface area (Å²) in [6.45, 7) is 1.39. The summed E-state index contributed by atoms with van der Waals surface area (Å²) in [4.78, 5) is 12.6. The van der Waals surface area contributed by atoms with Crippen molar-refractivity contribution in [3.8, 4) is 5.75 Å². The number of benzene rings is 3. The summed E-state index contributed by atoms with van der Waals surface area (Å²) in [5, 5.41) is 4.51. The smallest absolute Gasteiger partial charge is 0.255 e. The third kappa shape index (κ3) is 6.64. The molecular formula is C24H24ClN3O4S. The highest BCUT2D eigenvalue weighted by atomic mass is 35.5. The number of hydrogen-bond acceptors (Lipinski definition) is 5. The number of nitrogens with one attached hydrogen (secondary N) is 1. The molecule has 3 aromatic rings. The number of aryl methyl sites for hydroxylation is 1. The standard InChI is InChI=1S/C24H24ClN3O4S/c1-18-14-22(12-13-23(18)32-2)33(30,31)28(16-20-6-4-3-5-7-20)17-24(29)27-26-15-19-8-10-21(25)11-9-19/h3-15H,16-17H2,1-2H3,(H,27,29)/b26-15+. The molecule has 1 amide bonds. The van der Waals surface area contributed by atoms with Crippen molar-refractivity contribution in [3.63, 3.8) is 0 Å². The van der Waals surface area contributed by atoms with Crippen LogP contribution in [0.5, 0.6) is 5.75 Å². The van der Waals surface area contributed by atoms with Crippen molar-refractivity contribution < 1.29 is 17.9 Å². The van der Waals surface area contributed by atoms with Crippen LogP contribution in [0.15, 0.2) is 82.8 Å². The highest BCUT2D eigenvalue weighted by molar-refractivity contribution is 7.89. The average Bonchev–Trinajstić information content (AvgIpc) is 2.80. The number of ether oxygens (including phenoxy) is 1. The van der Waals surface area contributed by atoms with Crippen molar-refractivity contribution in [2.45, 2.75) is 18.4 Å². The minimum atomic E-state index is -3.97. The Hall–Kier alpha value is -3.20. The number of hydrogen-bond donors (Lipinski definition) is 1.